The van der Waals surface area contributed by atoms with E-state index in [1.807, 2.05) is 84.9 Å². The van der Waals surface area contributed by atoms with Crippen molar-refractivity contribution in [3.8, 4) is 45.0 Å². The molecule has 0 amide bonds. The molecular weight excluding hydrogens is 721 g/mol. The Labute approximate surface area is 309 Å². The van der Waals surface area contributed by atoms with Gasteiger partial charge in [0.2, 0.25) is 0 Å². The van der Waals surface area contributed by atoms with Gasteiger partial charge in [-0.1, -0.05) is 91.0 Å². The fourth-order valence-corrected chi connectivity index (χ4v) is 7.66. The van der Waals surface area contributed by atoms with Crippen molar-refractivity contribution in [1.82, 2.24) is 19.9 Å². The number of nitrogens with zero attached hydrogens (tertiary/aromatic N) is 4. The molecule has 0 unspecified atom stereocenters. The maximum atomic E-state index is 12.6. The summed E-state index contributed by atoms with van der Waals surface area (Å²) in [5, 5.41) is 3.35. The number of hydrogen-bond donors (Lipinski definition) is 2. The van der Waals surface area contributed by atoms with Crippen molar-refractivity contribution < 1.29 is 25.9 Å². The number of benzene rings is 5. The van der Waals surface area contributed by atoms with Crippen LogP contribution in [-0.2, 0) is 20.2 Å². The van der Waals surface area contributed by atoms with Gasteiger partial charge in [0, 0.05) is 43.8 Å². The number of fused-ring (bicyclic) bond motifs is 6. The third-order valence-corrected chi connectivity index (χ3v) is 11.1. The van der Waals surface area contributed by atoms with Gasteiger partial charge in [0.1, 0.15) is 0 Å². The Morgan fingerprint density at radius 1 is 0.333 bits per heavy atom. The molecule has 54 heavy (non-hydrogen) atoms. The lowest BCUT2D eigenvalue weighted by molar-refractivity contribution is 0.481. The van der Waals surface area contributed by atoms with E-state index < -0.39 is 20.2 Å². The molecule has 0 aliphatic carbocycles. The molecule has 4 aromatic heterocycles. The van der Waals surface area contributed by atoms with E-state index in [1.54, 1.807) is 36.4 Å². The van der Waals surface area contributed by atoms with Gasteiger partial charge in [-0.05, 0) is 54.6 Å². The Morgan fingerprint density at radius 3 is 1.04 bits per heavy atom. The van der Waals surface area contributed by atoms with Gasteiger partial charge in [-0.15, -0.1) is 0 Å². The van der Waals surface area contributed by atoms with E-state index in [-0.39, 0.29) is 9.79 Å². The van der Waals surface area contributed by atoms with Gasteiger partial charge in [-0.25, -0.2) is 19.9 Å². The van der Waals surface area contributed by atoms with Crippen molar-refractivity contribution in [3.05, 3.63) is 146 Å². The topological polar surface area (TPSA) is 160 Å². The minimum Gasteiger partial charge on any atom is -0.282 e. The molecule has 0 bridgehead atoms. The Balaban J connectivity index is 1.18. The Morgan fingerprint density at radius 2 is 0.667 bits per heavy atom. The van der Waals surface area contributed by atoms with E-state index >= 15 is 0 Å². The fourth-order valence-electron chi connectivity index (χ4n) is 6.63. The van der Waals surface area contributed by atoms with Crippen LogP contribution in [0.2, 0.25) is 0 Å². The molecule has 0 saturated carbocycles. The van der Waals surface area contributed by atoms with Crippen LogP contribution >= 0.6 is 0 Å². The molecule has 5 aromatic carbocycles. The Bertz CT molecular complexity index is 3210. The Hall–Kier alpha value is -6.44. The standard InChI is InChI=1S/C42H26N4O6S2/c47-53(48,49)33-16-10-26(11-17-33)36-19-13-28-7-9-30-15-21-38(46-42(30)40(28)44-36)32-22-31(23-34(24-32)54(50,51)52)37-20-14-29-8-6-27-12-18-35(25-4-2-1-3-5-25)43-39(27)41(29)45-37/h1-24H,(H,47,48,49)(H,50,51,52). The van der Waals surface area contributed by atoms with Crippen LogP contribution in [0.25, 0.3) is 88.6 Å². The number of pyridine rings is 4. The normalized spacial score (nSPS) is 12.2. The van der Waals surface area contributed by atoms with Crippen LogP contribution in [0.1, 0.15) is 0 Å². The lowest BCUT2D eigenvalue weighted by Crippen LogP contribution is -2.00. The first-order chi connectivity index (χ1) is 26.0. The van der Waals surface area contributed by atoms with Gasteiger partial charge in [-0.3, -0.25) is 9.11 Å². The molecule has 4 heterocycles. The first kappa shape index (κ1) is 33.4. The van der Waals surface area contributed by atoms with Crippen molar-refractivity contribution >= 4 is 63.8 Å². The summed E-state index contributed by atoms with van der Waals surface area (Å²) in [4.78, 5) is 19.3. The molecule has 0 radical (unpaired) electrons. The van der Waals surface area contributed by atoms with E-state index in [0.717, 1.165) is 32.8 Å². The molecular formula is C42H26N4O6S2. The van der Waals surface area contributed by atoms with Crippen LogP contribution < -0.4 is 0 Å². The summed E-state index contributed by atoms with van der Waals surface area (Å²) in [5.41, 5.74) is 7.21. The largest absolute Gasteiger partial charge is 0.294 e. The first-order valence-electron chi connectivity index (χ1n) is 16.7. The van der Waals surface area contributed by atoms with E-state index in [0.29, 0.717) is 55.8 Å². The summed E-state index contributed by atoms with van der Waals surface area (Å²) < 4.78 is 68.1. The SMILES string of the molecule is O=S(=O)(O)c1ccc(-c2ccc3ccc4ccc(-c5cc(-c6ccc7ccc8ccc(-c9ccccc9)nc8c7n6)cc(S(=O)(=O)O)c5)nc4c3n2)cc1. The molecule has 9 aromatic rings. The van der Waals surface area contributed by atoms with Gasteiger partial charge in [0.05, 0.1) is 54.6 Å². The first-order valence-corrected chi connectivity index (χ1v) is 19.5. The van der Waals surface area contributed by atoms with Crippen LogP contribution in [0.3, 0.4) is 0 Å². The summed E-state index contributed by atoms with van der Waals surface area (Å²) in [6, 6.07) is 42.9. The molecule has 0 fully saturated rings. The molecule has 0 aliphatic heterocycles. The highest BCUT2D eigenvalue weighted by atomic mass is 32.2. The van der Waals surface area contributed by atoms with E-state index in [4.69, 9.17) is 19.9 Å². The highest BCUT2D eigenvalue weighted by Gasteiger charge is 2.18. The summed E-state index contributed by atoms with van der Waals surface area (Å²) in [5.74, 6) is 0. The zero-order chi connectivity index (χ0) is 37.2. The van der Waals surface area contributed by atoms with Crippen molar-refractivity contribution in [3.63, 3.8) is 0 Å². The average Bonchev–Trinajstić information content (AvgIpc) is 3.19. The van der Waals surface area contributed by atoms with Crippen LogP contribution in [0.4, 0.5) is 0 Å². The van der Waals surface area contributed by atoms with Crippen LogP contribution in [0, 0.1) is 0 Å². The number of aromatic nitrogens is 4. The molecule has 9 rings (SSSR count). The maximum Gasteiger partial charge on any atom is 0.294 e. The molecule has 0 aliphatic rings. The second kappa shape index (κ2) is 12.6. The van der Waals surface area contributed by atoms with Gasteiger partial charge < -0.3 is 0 Å². The Kier molecular flexibility index (Phi) is 7.80. The predicted octanol–water partition coefficient (Wildman–Crippen LogP) is 9.04. The van der Waals surface area contributed by atoms with Crippen LogP contribution in [0.5, 0.6) is 0 Å². The summed E-state index contributed by atoms with van der Waals surface area (Å²) >= 11 is 0. The van der Waals surface area contributed by atoms with Crippen molar-refractivity contribution in [1.29, 1.82) is 0 Å². The van der Waals surface area contributed by atoms with E-state index in [1.165, 1.54) is 24.3 Å². The van der Waals surface area contributed by atoms with Gasteiger partial charge in [-0.2, -0.15) is 16.8 Å². The zero-order valence-corrected chi connectivity index (χ0v) is 29.6. The van der Waals surface area contributed by atoms with Crippen molar-refractivity contribution in [2.45, 2.75) is 9.79 Å². The lowest BCUT2D eigenvalue weighted by Gasteiger charge is -2.12. The van der Waals surface area contributed by atoms with Crippen molar-refractivity contribution in [2.24, 2.45) is 0 Å². The summed E-state index contributed by atoms with van der Waals surface area (Å²) in [6.07, 6.45) is 0. The minimum absolute atomic E-state index is 0.226. The predicted molar refractivity (Wildman–Crippen MR) is 209 cm³/mol. The lowest BCUT2D eigenvalue weighted by atomic mass is 10.0. The third-order valence-electron chi connectivity index (χ3n) is 9.35. The van der Waals surface area contributed by atoms with E-state index in [9.17, 15) is 25.9 Å². The van der Waals surface area contributed by atoms with Crippen molar-refractivity contribution in [2.75, 3.05) is 0 Å². The summed E-state index contributed by atoms with van der Waals surface area (Å²) in [7, 11) is -8.99. The molecule has 262 valence electrons. The molecule has 0 spiro atoms. The highest BCUT2D eigenvalue weighted by molar-refractivity contribution is 7.86. The smallest absolute Gasteiger partial charge is 0.282 e. The molecule has 0 saturated heterocycles. The van der Waals surface area contributed by atoms with Crippen LogP contribution in [0.15, 0.2) is 155 Å². The fraction of sp³-hybridized carbons (Fsp3) is 0. The van der Waals surface area contributed by atoms with Crippen LogP contribution in [-0.4, -0.2) is 45.9 Å². The zero-order valence-electron chi connectivity index (χ0n) is 28.0. The van der Waals surface area contributed by atoms with Gasteiger partial charge in [0.25, 0.3) is 20.2 Å². The average molecular weight is 747 g/mol. The summed E-state index contributed by atoms with van der Waals surface area (Å²) in [6.45, 7) is 0. The van der Waals surface area contributed by atoms with Gasteiger partial charge in [0.15, 0.2) is 0 Å². The third kappa shape index (κ3) is 6.12. The molecule has 12 heteroatoms. The monoisotopic (exact) mass is 746 g/mol. The highest BCUT2D eigenvalue weighted by Crippen LogP contribution is 2.34. The minimum atomic E-state index is -4.64. The number of rotatable bonds is 6. The second-order valence-corrected chi connectivity index (χ2v) is 15.6. The molecule has 2 N–H and O–H groups in total. The maximum absolute atomic E-state index is 12.6. The van der Waals surface area contributed by atoms with E-state index in [2.05, 4.69) is 0 Å². The quantitative estimate of drug-likeness (QED) is 0.124. The van der Waals surface area contributed by atoms with Gasteiger partial charge >= 0.3 is 0 Å². The molecule has 0 atom stereocenters. The number of hydrogen-bond acceptors (Lipinski definition) is 8. The second-order valence-electron chi connectivity index (χ2n) is 12.8. The molecule has 10 nitrogen and oxygen atoms in total.